The quantitative estimate of drug-likeness (QED) is 0.813. The minimum absolute atomic E-state index is 0.0325. The molecule has 0 saturated heterocycles. The van der Waals surface area contributed by atoms with Gasteiger partial charge in [0.15, 0.2) is 0 Å². The predicted octanol–water partition coefficient (Wildman–Crippen LogP) is 0.761. The highest BCUT2D eigenvalue weighted by Crippen LogP contribution is 2.17. The van der Waals surface area contributed by atoms with Crippen LogP contribution < -0.4 is 11.1 Å². The van der Waals surface area contributed by atoms with E-state index >= 15 is 0 Å². The molecule has 17 heavy (non-hydrogen) atoms. The first-order valence-electron chi connectivity index (χ1n) is 5.82. The lowest BCUT2D eigenvalue weighted by Gasteiger charge is -2.27. The number of imidazole rings is 1. The Morgan fingerprint density at radius 1 is 1.53 bits per heavy atom. The van der Waals surface area contributed by atoms with Crippen LogP contribution in [-0.4, -0.2) is 27.5 Å². The van der Waals surface area contributed by atoms with Gasteiger partial charge < -0.3 is 15.6 Å². The number of carbonyl (C=O) groups is 1. The second-order valence-corrected chi connectivity index (χ2v) is 5.51. The summed E-state index contributed by atoms with van der Waals surface area (Å²) in [6, 6.07) is -0.460. The molecule has 1 heterocycles. The first kappa shape index (κ1) is 13.7. The van der Waals surface area contributed by atoms with E-state index in [2.05, 4.69) is 10.3 Å². The Kier molecular flexibility index (Phi) is 4.28. The molecule has 1 rings (SSSR count). The highest BCUT2D eigenvalue weighted by Gasteiger charge is 2.27. The lowest BCUT2D eigenvalue weighted by Crippen LogP contribution is -2.51. The number of carbonyl (C=O) groups excluding carboxylic acids is 1. The number of amides is 1. The highest BCUT2D eigenvalue weighted by atomic mass is 16.2. The molecule has 2 unspecified atom stereocenters. The topological polar surface area (TPSA) is 72.9 Å². The number of nitrogens with zero attached hydrogens (tertiary/aromatic N) is 2. The van der Waals surface area contributed by atoms with E-state index in [4.69, 9.17) is 5.73 Å². The van der Waals surface area contributed by atoms with Gasteiger partial charge >= 0.3 is 0 Å². The first-order chi connectivity index (χ1) is 7.80. The van der Waals surface area contributed by atoms with Gasteiger partial charge in [-0.1, -0.05) is 20.8 Å². The van der Waals surface area contributed by atoms with Crippen molar-refractivity contribution in [1.29, 1.82) is 0 Å². The van der Waals surface area contributed by atoms with Crippen LogP contribution in [0.4, 0.5) is 0 Å². The van der Waals surface area contributed by atoms with Crippen molar-refractivity contribution in [3.63, 3.8) is 0 Å². The lowest BCUT2D eigenvalue weighted by atomic mass is 9.87. The molecule has 2 atom stereocenters. The van der Waals surface area contributed by atoms with Gasteiger partial charge in [0.2, 0.25) is 5.91 Å². The number of rotatable bonds is 4. The molecular formula is C12H22N4O. The van der Waals surface area contributed by atoms with Crippen LogP contribution in [-0.2, 0) is 11.3 Å². The molecule has 0 saturated carbocycles. The van der Waals surface area contributed by atoms with Crippen LogP contribution >= 0.6 is 0 Å². The fourth-order valence-corrected chi connectivity index (χ4v) is 1.48. The van der Waals surface area contributed by atoms with Crippen molar-refractivity contribution < 1.29 is 4.79 Å². The Hall–Kier alpha value is -1.36. The summed E-state index contributed by atoms with van der Waals surface area (Å²) in [4.78, 5) is 15.8. The van der Waals surface area contributed by atoms with Gasteiger partial charge in [-0.3, -0.25) is 4.79 Å². The van der Waals surface area contributed by atoms with Crippen molar-refractivity contribution in [3.05, 3.63) is 18.7 Å². The summed E-state index contributed by atoms with van der Waals surface area (Å²) in [6.07, 6.45) is 5.31. The van der Waals surface area contributed by atoms with Crippen LogP contribution in [0.5, 0.6) is 0 Å². The smallest absolute Gasteiger partial charge is 0.237 e. The molecule has 0 fully saturated rings. The third-order valence-corrected chi connectivity index (χ3v) is 2.65. The molecule has 0 spiro atoms. The third kappa shape index (κ3) is 4.19. The minimum atomic E-state index is -0.493. The first-order valence-corrected chi connectivity index (χ1v) is 5.82. The molecule has 0 bridgehead atoms. The summed E-state index contributed by atoms with van der Waals surface area (Å²) in [7, 11) is 0. The Labute approximate surface area is 102 Å². The largest absolute Gasteiger partial charge is 0.350 e. The van der Waals surface area contributed by atoms with Crippen LogP contribution in [0.15, 0.2) is 18.7 Å². The van der Waals surface area contributed by atoms with Crippen molar-refractivity contribution in [3.8, 4) is 0 Å². The molecule has 1 aromatic rings. The van der Waals surface area contributed by atoms with E-state index in [1.165, 1.54) is 0 Å². The summed E-state index contributed by atoms with van der Waals surface area (Å²) in [6.45, 7) is 8.52. The molecule has 5 heteroatoms. The SMILES string of the molecule is CC(Cn1ccnc1)NC(=O)C(N)C(C)(C)C. The Bertz CT molecular complexity index is 353. The molecule has 3 N–H and O–H groups in total. The van der Waals surface area contributed by atoms with Crippen LogP contribution in [0.2, 0.25) is 0 Å². The monoisotopic (exact) mass is 238 g/mol. The zero-order valence-corrected chi connectivity index (χ0v) is 11.0. The maximum atomic E-state index is 11.9. The van der Waals surface area contributed by atoms with E-state index in [1.54, 1.807) is 12.5 Å². The zero-order valence-electron chi connectivity index (χ0n) is 11.0. The van der Waals surface area contributed by atoms with Crippen LogP contribution in [0, 0.1) is 5.41 Å². The van der Waals surface area contributed by atoms with Crippen molar-refractivity contribution in [2.75, 3.05) is 0 Å². The second-order valence-electron chi connectivity index (χ2n) is 5.51. The summed E-state index contributed by atoms with van der Waals surface area (Å²) >= 11 is 0. The van der Waals surface area contributed by atoms with Crippen molar-refractivity contribution in [2.45, 2.75) is 46.3 Å². The number of hydrogen-bond acceptors (Lipinski definition) is 3. The maximum absolute atomic E-state index is 11.9. The standard InChI is InChI=1S/C12H22N4O/c1-9(7-16-6-5-14-8-16)15-11(17)10(13)12(2,3)4/h5-6,8-10H,7,13H2,1-4H3,(H,15,17). The molecule has 0 aromatic carbocycles. The summed E-state index contributed by atoms with van der Waals surface area (Å²) < 4.78 is 1.92. The summed E-state index contributed by atoms with van der Waals surface area (Å²) in [5, 5.41) is 2.91. The van der Waals surface area contributed by atoms with Gasteiger partial charge in [0.05, 0.1) is 12.4 Å². The van der Waals surface area contributed by atoms with Crippen molar-refractivity contribution >= 4 is 5.91 Å². The molecule has 1 aromatic heterocycles. The Balaban J connectivity index is 2.46. The van der Waals surface area contributed by atoms with E-state index in [9.17, 15) is 4.79 Å². The predicted molar refractivity (Wildman–Crippen MR) is 67.3 cm³/mol. The van der Waals surface area contributed by atoms with Gasteiger partial charge in [0, 0.05) is 25.0 Å². The number of aromatic nitrogens is 2. The minimum Gasteiger partial charge on any atom is -0.350 e. The average Bonchev–Trinajstić information content (AvgIpc) is 2.67. The van der Waals surface area contributed by atoms with Gasteiger partial charge in [-0.15, -0.1) is 0 Å². The van der Waals surface area contributed by atoms with Gasteiger partial charge in [-0.25, -0.2) is 4.98 Å². The fraction of sp³-hybridized carbons (Fsp3) is 0.667. The Morgan fingerprint density at radius 2 is 2.18 bits per heavy atom. The molecule has 5 nitrogen and oxygen atoms in total. The number of hydrogen-bond donors (Lipinski definition) is 2. The van der Waals surface area contributed by atoms with Crippen molar-refractivity contribution in [1.82, 2.24) is 14.9 Å². The third-order valence-electron chi connectivity index (χ3n) is 2.65. The molecule has 1 amide bonds. The second kappa shape index (κ2) is 5.31. The van der Waals surface area contributed by atoms with Crippen LogP contribution in [0.25, 0.3) is 0 Å². The summed E-state index contributed by atoms with van der Waals surface area (Å²) in [5.74, 6) is -0.106. The van der Waals surface area contributed by atoms with Crippen molar-refractivity contribution in [2.24, 2.45) is 11.1 Å². The molecule has 0 aliphatic heterocycles. The number of nitrogens with two attached hydrogens (primary N) is 1. The Morgan fingerprint density at radius 3 is 2.65 bits per heavy atom. The van der Waals surface area contributed by atoms with E-state index in [1.807, 2.05) is 38.5 Å². The highest BCUT2D eigenvalue weighted by molar-refractivity contribution is 5.82. The maximum Gasteiger partial charge on any atom is 0.237 e. The average molecular weight is 238 g/mol. The molecule has 96 valence electrons. The molecular weight excluding hydrogens is 216 g/mol. The van der Waals surface area contributed by atoms with E-state index in [0.29, 0.717) is 6.54 Å². The summed E-state index contributed by atoms with van der Waals surface area (Å²) in [5.41, 5.74) is 5.66. The lowest BCUT2D eigenvalue weighted by molar-refractivity contribution is -0.125. The number of nitrogens with one attached hydrogen (secondary N) is 1. The van der Waals surface area contributed by atoms with E-state index in [-0.39, 0.29) is 17.4 Å². The molecule has 0 aliphatic rings. The van der Waals surface area contributed by atoms with Crippen LogP contribution in [0.3, 0.4) is 0 Å². The fourth-order valence-electron chi connectivity index (χ4n) is 1.48. The van der Waals surface area contributed by atoms with Gasteiger partial charge in [-0.05, 0) is 12.3 Å². The molecule has 0 aliphatic carbocycles. The van der Waals surface area contributed by atoms with Gasteiger partial charge in [0.25, 0.3) is 0 Å². The zero-order chi connectivity index (χ0) is 13.1. The normalized spacial score (nSPS) is 15.4. The van der Waals surface area contributed by atoms with Gasteiger partial charge in [-0.2, -0.15) is 0 Å². The van der Waals surface area contributed by atoms with E-state index in [0.717, 1.165) is 0 Å². The van der Waals surface area contributed by atoms with Crippen LogP contribution in [0.1, 0.15) is 27.7 Å². The van der Waals surface area contributed by atoms with E-state index < -0.39 is 6.04 Å². The molecule has 0 radical (unpaired) electrons. The van der Waals surface area contributed by atoms with Gasteiger partial charge in [0.1, 0.15) is 0 Å².